The summed E-state index contributed by atoms with van der Waals surface area (Å²) in [4.78, 5) is 17.8. The van der Waals surface area contributed by atoms with Crippen LogP contribution in [0.3, 0.4) is 0 Å². The molecule has 1 amide bonds. The molecule has 3 aromatic heterocycles. The van der Waals surface area contributed by atoms with Crippen molar-refractivity contribution in [2.24, 2.45) is 7.05 Å². The minimum absolute atomic E-state index is 0.0284. The predicted octanol–water partition coefficient (Wildman–Crippen LogP) is 5.09. The minimum atomic E-state index is -3.91. The maximum atomic E-state index is 14.0. The lowest BCUT2D eigenvalue weighted by molar-refractivity contribution is -0.0335. The summed E-state index contributed by atoms with van der Waals surface area (Å²) in [5.41, 5.74) is 0.782. The first kappa shape index (κ1) is 26.8. The molecule has 3 heterocycles. The molecule has 0 saturated heterocycles. The third-order valence-corrected chi connectivity index (χ3v) is 7.30. The molecule has 4 N–H and O–H groups in total. The molecule has 3 aromatic rings. The Morgan fingerprint density at radius 1 is 1.38 bits per heavy atom. The summed E-state index contributed by atoms with van der Waals surface area (Å²) in [5, 5.41) is 17.2. The van der Waals surface area contributed by atoms with Gasteiger partial charge in [0.1, 0.15) is 15.8 Å². The van der Waals surface area contributed by atoms with Gasteiger partial charge in [0.05, 0.1) is 23.3 Å². The van der Waals surface area contributed by atoms with E-state index in [0.29, 0.717) is 4.88 Å². The fourth-order valence-electron chi connectivity index (χ4n) is 3.84. The van der Waals surface area contributed by atoms with Crippen molar-refractivity contribution in [2.75, 3.05) is 12.0 Å². The number of pyridine rings is 1. The Kier molecular flexibility index (Phi) is 7.67. The van der Waals surface area contributed by atoms with Crippen molar-refractivity contribution in [1.82, 2.24) is 25.6 Å². The highest BCUT2D eigenvalue weighted by molar-refractivity contribution is 7.17. The largest absolute Gasteiger partial charge is 0.346 e. The second-order valence-corrected chi connectivity index (χ2v) is 10.0. The molecular formula is C23H22ClF4N7OS. The Labute approximate surface area is 218 Å². The van der Waals surface area contributed by atoms with Gasteiger partial charge in [0.15, 0.2) is 6.67 Å². The van der Waals surface area contributed by atoms with Crippen molar-refractivity contribution < 1.29 is 22.4 Å². The Hall–Kier alpha value is -3.29. The van der Waals surface area contributed by atoms with Gasteiger partial charge in [-0.1, -0.05) is 17.7 Å². The molecular weight excluding hydrogens is 534 g/mol. The van der Waals surface area contributed by atoms with Crippen LogP contribution in [0.15, 0.2) is 36.7 Å². The average Bonchev–Trinajstić information content (AvgIpc) is 3.46. The standard InChI is InChI=1S/C23H22ClF4N7OS/c1-35-20(15(11-32-28)18(34-35)23(26,27)12-25)31-10-13(9-29)16-8-14(19(24)37-16)21(36)33-22(5-6-22)17-4-2-3-7-30-17/h2-4,7-10,29,31-32H,5-6,11-12H2,1H3,(H,33,36)/b13-10+,29-9?. The molecule has 4 rings (SSSR count). The lowest BCUT2D eigenvalue weighted by Gasteiger charge is -2.16. The fraction of sp³-hybridized carbons (Fsp3) is 0.304. The number of allylic oxidation sites excluding steroid dienone is 1. The van der Waals surface area contributed by atoms with E-state index in [2.05, 4.69) is 20.7 Å². The van der Waals surface area contributed by atoms with Gasteiger partial charge in [-0.3, -0.25) is 14.5 Å². The summed E-state index contributed by atoms with van der Waals surface area (Å²) in [6.45, 7) is -2.65. The number of anilines is 1. The Bertz CT molecular complexity index is 1340. The zero-order chi connectivity index (χ0) is 26.8. The van der Waals surface area contributed by atoms with Crippen LogP contribution in [-0.2, 0) is 25.1 Å². The molecule has 1 fully saturated rings. The predicted molar refractivity (Wildman–Crippen MR) is 133 cm³/mol. The number of hydrogen-bond acceptors (Lipinski definition) is 7. The van der Waals surface area contributed by atoms with Gasteiger partial charge < -0.3 is 16.0 Å². The van der Waals surface area contributed by atoms with Gasteiger partial charge in [-0.05, 0) is 31.0 Å². The molecule has 0 aromatic carbocycles. The molecule has 196 valence electrons. The van der Waals surface area contributed by atoms with Crippen LogP contribution in [0.4, 0.5) is 23.5 Å². The van der Waals surface area contributed by atoms with Crippen molar-refractivity contribution in [1.29, 1.82) is 5.41 Å². The number of hydrogen-bond donors (Lipinski definition) is 4. The molecule has 8 nitrogen and oxygen atoms in total. The first-order valence-corrected chi connectivity index (χ1v) is 12.2. The summed E-state index contributed by atoms with van der Waals surface area (Å²) >= 11 is 7.40. The van der Waals surface area contributed by atoms with E-state index in [1.54, 1.807) is 12.3 Å². The van der Waals surface area contributed by atoms with E-state index in [4.69, 9.17) is 17.0 Å². The number of thiophene rings is 1. The van der Waals surface area contributed by atoms with Crippen LogP contribution >= 0.6 is 22.9 Å². The van der Waals surface area contributed by atoms with Gasteiger partial charge in [-0.15, -0.1) is 15.8 Å². The molecule has 0 spiro atoms. The van der Waals surface area contributed by atoms with Gasteiger partial charge in [-0.2, -0.15) is 19.4 Å². The smallest absolute Gasteiger partial charge is 0.319 e. The van der Waals surface area contributed by atoms with Crippen LogP contribution < -0.4 is 16.2 Å². The summed E-state index contributed by atoms with van der Waals surface area (Å²) in [5.74, 6) is -4.33. The normalized spacial score (nSPS) is 14.9. The van der Waals surface area contributed by atoms with Crippen molar-refractivity contribution in [3.63, 3.8) is 0 Å². The molecule has 0 aliphatic heterocycles. The van der Waals surface area contributed by atoms with Crippen LogP contribution in [0.25, 0.3) is 5.57 Å². The van der Waals surface area contributed by atoms with E-state index in [9.17, 15) is 22.4 Å². The Morgan fingerprint density at radius 2 is 2.14 bits per heavy atom. The first-order chi connectivity index (χ1) is 17.7. The van der Waals surface area contributed by atoms with E-state index in [1.165, 1.54) is 24.9 Å². The zero-order valence-corrected chi connectivity index (χ0v) is 21.0. The van der Waals surface area contributed by atoms with E-state index in [1.807, 2.05) is 12.1 Å². The van der Waals surface area contributed by atoms with Gasteiger partial charge in [0.25, 0.3) is 5.91 Å². The maximum absolute atomic E-state index is 14.0. The summed E-state index contributed by atoms with van der Waals surface area (Å²) in [6, 6.07) is 7.00. The first-order valence-electron chi connectivity index (χ1n) is 11.0. The molecule has 0 unspecified atom stereocenters. The fourth-order valence-corrected chi connectivity index (χ4v) is 5.09. The van der Waals surface area contributed by atoms with Crippen molar-refractivity contribution in [2.45, 2.75) is 30.8 Å². The minimum Gasteiger partial charge on any atom is -0.346 e. The topological polar surface area (TPSA) is 108 Å². The van der Waals surface area contributed by atoms with Crippen LogP contribution in [0.2, 0.25) is 4.34 Å². The maximum Gasteiger partial charge on any atom is 0.319 e. The monoisotopic (exact) mass is 555 g/mol. The SMILES string of the molecule is Cn1nc(C(F)(F)CF)c(CNF)c1N/C=C(\C=N)c1cc(C(=O)NC2(c3ccccn3)CC2)c(Cl)s1. The molecule has 1 aliphatic carbocycles. The number of amides is 1. The highest BCUT2D eigenvalue weighted by Crippen LogP contribution is 2.45. The Balaban J connectivity index is 1.58. The number of nitrogens with zero attached hydrogens (tertiary/aromatic N) is 3. The molecule has 0 bridgehead atoms. The highest BCUT2D eigenvalue weighted by Gasteiger charge is 2.47. The molecule has 1 aliphatic rings. The number of aryl methyl sites for hydroxylation is 1. The second kappa shape index (κ2) is 10.6. The number of nitrogens with one attached hydrogen (secondary N) is 4. The summed E-state index contributed by atoms with van der Waals surface area (Å²) < 4.78 is 55.0. The van der Waals surface area contributed by atoms with E-state index < -0.39 is 36.3 Å². The third-order valence-electron chi connectivity index (χ3n) is 5.90. The van der Waals surface area contributed by atoms with Crippen molar-refractivity contribution in [3.05, 3.63) is 68.4 Å². The molecule has 14 heteroatoms. The van der Waals surface area contributed by atoms with Crippen molar-refractivity contribution in [3.8, 4) is 0 Å². The van der Waals surface area contributed by atoms with Gasteiger partial charge in [0.2, 0.25) is 0 Å². The molecule has 0 radical (unpaired) electrons. The van der Waals surface area contributed by atoms with Gasteiger partial charge in [-0.25, -0.2) is 4.39 Å². The summed E-state index contributed by atoms with van der Waals surface area (Å²) in [7, 11) is 1.33. The molecule has 1 saturated carbocycles. The lowest BCUT2D eigenvalue weighted by Crippen LogP contribution is -2.35. The average molecular weight is 556 g/mol. The molecule has 0 atom stereocenters. The van der Waals surface area contributed by atoms with Crippen molar-refractivity contribution >= 4 is 46.5 Å². The summed E-state index contributed by atoms with van der Waals surface area (Å²) in [6.07, 6.45) is 5.43. The quantitative estimate of drug-likeness (QED) is 0.150. The number of rotatable bonds is 11. The van der Waals surface area contributed by atoms with E-state index in [-0.39, 0.29) is 26.9 Å². The third kappa shape index (κ3) is 5.38. The lowest BCUT2D eigenvalue weighted by atomic mass is 10.1. The van der Waals surface area contributed by atoms with E-state index >= 15 is 0 Å². The number of aromatic nitrogens is 3. The van der Waals surface area contributed by atoms with Gasteiger partial charge in [0, 0.05) is 41.7 Å². The van der Waals surface area contributed by atoms with E-state index in [0.717, 1.165) is 40.8 Å². The second-order valence-electron chi connectivity index (χ2n) is 8.39. The number of carbonyl (C=O) groups is 1. The zero-order valence-electron chi connectivity index (χ0n) is 19.4. The number of halogens is 5. The molecule has 37 heavy (non-hydrogen) atoms. The number of carbonyl (C=O) groups excluding carboxylic acids is 1. The van der Waals surface area contributed by atoms with Crippen LogP contribution in [-0.4, -0.2) is 33.6 Å². The van der Waals surface area contributed by atoms with Crippen LogP contribution in [0, 0.1) is 5.41 Å². The highest BCUT2D eigenvalue weighted by atomic mass is 35.5. The van der Waals surface area contributed by atoms with Gasteiger partial charge >= 0.3 is 5.92 Å². The Morgan fingerprint density at radius 3 is 2.73 bits per heavy atom. The number of alkyl halides is 3. The van der Waals surface area contributed by atoms with Crippen LogP contribution in [0.1, 0.15) is 45.0 Å². The van der Waals surface area contributed by atoms with Crippen LogP contribution in [0.5, 0.6) is 0 Å².